The Morgan fingerprint density at radius 3 is 0.429 bits per heavy atom. The summed E-state index contributed by atoms with van der Waals surface area (Å²) in [6.07, 6.45) is 0. The smallest absolute Gasteiger partial charge is 1.00 e. The average Bonchev–Trinajstić information content (AvgIpc) is 0. The van der Waals surface area contributed by atoms with Crippen molar-refractivity contribution in [3.8, 4) is 0 Å². The van der Waals surface area contributed by atoms with Gasteiger partial charge in [-0.05, 0) is 0 Å². The van der Waals surface area contributed by atoms with E-state index in [9.17, 15) is 0 Å². The van der Waals surface area contributed by atoms with E-state index in [0.29, 0.717) is 0 Å². The second kappa shape index (κ2) is 442. The Morgan fingerprint density at radius 1 is 0.429 bits per heavy atom. The molecule has 0 aliphatic carbocycles. The molecule has 0 rings (SSSR count). The standard InChI is InChI=1S/Cr.Cu.5FH/h;;5*1H/q+3;+2;;;;;/p-5. The molecule has 7 heteroatoms. The molecule has 0 saturated carbocycles. The normalized spacial score (nSPS) is 0. The molecule has 0 heterocycles. The SMILES string of the molecule is [Cr+3].[Cu+2].[F-].[F-].[F-].[F-].[F-]. The minimum Gasteiger partial charge on any atom is -1.00 e. The van der Waals surface area contributed by atoms with Crippen LogP contribution in [0.3, 0.4) is 0 Å². The zero-order valence-electron chi connectivity index (χ0n) is 2.60. The van der Waals surface area contributed by atoms with Gasteiger partial charge < -0.3 is 23.5 Å². The molecule has 0 spiro atoms. The van der Waals surface area contributed by atoms with Gasteiger partial charge >= 0.3 is 34.4 Å². The second-order valence-electron chi connectivity index (χ2n) is 0. The van der Waals surface area contributed by atoms with Gasteiger partial charge in [0.25, 0.3) is 0 Å². The number of rotatable bonds is 0. The van der Waals surface area contributed by atoms with Crippen molar-refractivity contribution < 1.29 is 58.0 Å². The Hall–Kier alpha value is 0.702. The Bertz CT molecular complexity index is 8.04. The average molecular weight is 211 g/mol. The molecule has 0 bridgehead atoms. The van der Waals surface area contributed by atoms with Crippen LogP contribution in [0.25, 0.3) is 0 Å². The Balaban J connectivity index is 0. The summed E-state index contributed by atoms with van der Waals surface area (Å²) in [5, 5.41) is 0. The van der Waals surface area contributed by atoms with Crippen LogP contribution < -0.4 is 23.5 Å². The molecule has 0 unspecified atom stereocenters. The fourth-order valence-corrected chi connectivity index (χ4v) is 0. The summed E-state index contributed by atoms with van der Waals surface area (Å²) in [6, 6.07) is 0. The van der Waals surface area contributed by atoms with Gasteiger partial charge in [-0.15, -0.1) is 0 Å². The molecule has 0 nitrogen and oxygen atoms in total. The molecule has 0 saturated heterocycles. The van der Waals surface area contributed by atoms with Crippen LogP contribution in [-0.4, -0.2) is 0 Å². The van der Waals surface area contributed by atoms with Gasteiger partial charge in [0, 0.05) is 0 Å². The van der Waals surface area contributed by atoms with Crippen LogP contribution in [0.15, 0.2) is 0 Å². The summed E-state index contributed by atoms with van der Waals surface area (Å²) in [6.45, 7) is 0. The minimum atomic E-state index is 0. The molecule has 0 atom stereocenters. The number of hydrogen-bond acceptors (Lipinski definition) is 0. The van der Waals surface area contributed by atoms with Crippen LogP contribution in [0.2, 0.25) is 0 Å². The quantitative estimate of drug-likeness (QED) is 0.275. The van der Waals surface area contributed by atoms with Crippen LogP contribution in [0.1, 0.15) is 0 Å². The first-order chi connectivity index (χ1) is 0. The van der Waals surface area contributed by atoms with Crippen LogP contribution in [0.5, 0.6) is 0 Å². The van der Waals surface area contributed by atoms with Gasteiger partial charge in [-0.1, -0.05) is 0 Å². The van der Waals surface area contributed by atoms with Gasteiger partial charge in [0.05, 0.1) is 0 Å². The first-order valence-corrected chi connectivity index (χ1v) is 0. The summed E-state index contributed by atoms with van der Waals surface area (Å²) in [5.74, 6) is 0. The maximum absolute atomic E-state index is 0. The topological polar surface area (TPSA) is 0 Å². The van der Waals surface area contributed by atoms with Crippen molar-refractivity contribution in [2.45, 2.75) is 0 Å². The number of hydrogen-bond donors (Lipinski definition) is 0. The third-order valence-electron chi connectivity index (χ3n) is 0. The van der Waals surface area contributed by atoms with E-state index < -0.39 is 0 Å². The van der Waals surface area contributed by atoms with Gasteiger partial charge in [-0.3, -0.25) is 0 Å². The predicted molar refractivity (Wildman–Crippen MR) is 0 cm³/mol. The maximum Gasteiger partial charge on any atom is 3.00 e. The minimum absolute atomic E-state index is 0. The molecule has 0 fully saturated rings. The van der Waals surface area contributed by atoms with E-state index in [1.807, 2.05) is 0 Å². The summed E-state index contributed by atoms with van der Waals surface area (Å²) in [4.78, 5) is 0. The van der Waals surface area contributed by atoms with Crippen LogP contribution in [-0.2, 0) is 34.4 Å². The zero-order chi connectivity index (χ0) is 0. The van der Waals surface area contributed by atoms with Crippen molar-refractivity contribution >= 4 is 0 Å². The summed E-state index contributed by atoms with van der Waals surface area (Å²) < 4.78 is 0. The molecule has 0 aliphatic heterocycles. The van der Waals surface area contributed by atoms with Crippen molar-refractivity contribution in [2.75, 3.05) is 0 Å². The summed E-state index contributed by atoms with van der Waals surface area (Å²) >= 11 is 0. The van der Waals surface area contributed by atoms with Crippen molar-refractivity contribution in [3.63, 3.8) is 0 Å². The van der Waals surface area contributed by atoms with E-state index in [1.165, 1.54) is 0 Å². The van der Waals surface area contributed by atoms with E-state index in [4.69, 9.17) is 0 Å². The van der Waals surface area contributed by atoms with Crippen LogP contribution in [0, 0.1) is 0 Å². The second-order valence-corrected chi connectivity index (χ2v) is 0. The van der Waals surface area contributed by atoms with Gasteiger partial charge in [-0.25, -0.2) is 0 Å². The summed E-state index contributed by atoms with van der Waals surface area (Å²) in [5.41, 5.74) is 0. The Morgan fingerprint density at radius 2 is 0.429 bits per heavy atom. The van der Waals surface area contributed by atoms with E-state index >= 15 is 0 Å². The first kappa shape index (κ1) is 702. The van der Waals surface area contributed by atoms with Gasteiger partial charge in [-0.2, -0.15) is 0 Å². The molecule has 0 aliphatic rings. The van der Waals surface area contributed by atoms with Crippen molar-refractivity contribution in [1.82, 2.24) is 0 Å². The molecule has 0 aromatic carbocycles. The Labute approximate surface area is 58.5 Å². The molecule has 7 heavy (non-hydrogen) atoms. The molecular weight excluding hydrogens is 211 g/mol. The van der Waals surface area contributed by atoms with Gasteiger partial charge in [0.1, 0.15) is 0 Å². The molecule has 0 aromatic heterocycles. The van der Waals surface area contributed by atoms with Crippen LogP contribution >= 0.6 is 0 Å². The predicted octanol–water partition coefficient (Wildman–Crippen LogP) is -15.0. The van der Waals surface area contributed by atoms with Crippen LogP contribution in [0.4, 0.5) is 0 Å². The third kappa shape index (κ3) is 301. The molecule has 52 valence electrons. The summed E-state index contributed by atoms with van der Waals surface area (Å²) in [7, 11) is 0. The monoisotopic (exact) mass is 210 g/mol. The largest absolute Gasteiger partial charge is 3.00 e. The van der Waals surface area contributed by atoms with Gasteiger partial charge in [0.2, 0.25) is 0 Å². The van der Waals surface area contributed by atoms with E-state index in [2.05, 4.69) is 0 Å². The molecule has 0 aromatic rings. The molecular formula is CrCuF5. The van der Waals surface area contributed by atoms with Gasteiger partial charge in [0.15, 0.2) is 0 Å². The maximum atomic E-state index is 0. The van der Waals surface area contributed by atoms with Crippen molar-refractivity contribution in [3.05, 3.63) is 0 Å². The molecule has 0 amide bonds. The van der Waals surface area contributed by atoms with E-state index in [-0.39, 0.29) is 58.0 Å². The molecule has 2 radical (unpaired) electrons. The zero-order valence-corrected chi connectivity index (χ0v) is 4.82. The van der Waals surface area contributed by atoms with E-state index in [1.54, 1.807) is 0 Å². The first-order valence-electron chi connectivity index (χ1n) is 0. The fraction of sp³-hybridized carbons (Fsp3) is 0. The van der Waals surface area contributed by atoms with Crippen molar-refractivity contribution in [1.29, 1.82) is 0 Å². The third-order valence-corrected chi connectivity index (χ3v) is 0. The number of halogens is 5. The van der Waals surface area contributed by atoms with Crippen molar-refractivity contribution in [2.24, 2.45) is 0 Å². The molecule has 0 N–H and O–H groups in total. The van der Waals surface area contributed by atoms with E-state index in [0.717, 1.165) is 0 Å². The fourth-order valence-electron chi connectivity index (χ4n) is 0. The Kier molecular flexibility index (Phi) is 44400.